The highest BCUT2D eigenvalue weighted by Crippen LogP contribution is 2.24. The van der Waals surface area contributed by atoms with Gasteiger partial charge in [-0.1, -0.05) is 48.6 Å². The first-order chi connectivity index (χ1) is 23.5. The topological polar surface area (TPSA) is 117 Å². The largest absolute Gasteiger partial charge is 0.389 e. The molecule has 0 aliphatic rings. The highest BCUT2D eigenvalue weighted by molar-refractivity contribution is 7.80. The first-order valence-electron chi connectivity index (χ1n) is 16.5. The molecule has 0 aliphatic heterocycles. The summed E-state index contributed by atoms with van der Waals surface area (Å²) < 4.78 is 11.6. The Kier molecular flexibility index (Phi) is 9.48. The number of aromatic nitrogens is 8. The number of amides is 1. The molecular weight excluding hydrogens is 637 g/mol. The summed E-state index contributed by atoms with van der Waals surface area (Å²) in [4.78, 5) is 23.6. The van der Waals surface area contributed by atoms with Crippen molar-refractivity contribution in [3.8, 4) is 0 Å². The number of thiocarbonyl (C=S) groups is 1. The van der Waals surface area contributed by atoms with Crippen LogP contribution in [0.15, 0.2) is 76.7 Å². The molecule has 1 atom stereocenters. The summed E-state index contributed by atoms with van der Waals surface area (Å²) in [5, 5.41) is 19.7. The van der Waals surface area contributed by atoms with Gasteiger partial charge in [0.2, 0.25) is 11.2 Å². The molecule has 0 aliphatic carbocycles. The SMILES string of the molecule is CCn1nc(C)cc1C(=O)N=c1n(C)c2cccc(C(C)O)c2n1C/C=C/Cn1c(=NC(=S)c2cc(C)nn2CC)n(C)c2ccccc21. The van der Waals surface area contributed by atoms with E-state index in [1.54, 1.807) is 17.7 Å². The number of aryl methyl sites for hydroxylation is 6. The van der Waals surface area contributed by atoms with Crippen molar-refractivity contribution in [3.63, 3.8) is 0 Å². The predicted molar refractivity (Wildman–Crippen MR) is 194 cm³/mol. The van der Waals surface area contributed by atoms with E-state index in [4.69, 9.17) is 17.2 Å². The van der Waals surface area contributed by atoms with E-state index < -0.39 is 6.10 Å². The van der Waals surface area contributed by atoms with E-state index in [0.29, 0.717) is 42.5 Å². The Labute approximate surface area is 289 Å². The Bertz CT molecular complexity index is 2390. The van der Waals surface area contributed by atoms with Gasteiger partial charge in [-0.2, -0.15) is 15.2 Å². The lowest BCUT2D eigenvalue weighted by Crippen LogP contribution is -2.27. The average Bonchev–Trinajstić information content (AvgIpc) is 3.81. The molecule has 0 saturated carbocycles. The number of hydrogen-bond donors (Lipinski definition) is 1. The first kappa shape index (κ1) is 33.7. The van der Waals surface area contributed by atoms with E-state index in [-0.39, 0.29) is 5.91 Å². The second-order valence-corrected chi connectivity index (χ2v) is 12.5. The molecule has 254 valence electrons. The Morgan fingerprint density at radius 2 is 1.37 bits per heavy atom. The van der Waals surface area contributed by atoms with Gasteiger partial charge in [-0.15, -0.1) is 0 Å². The molecule has 1 amide bonds. The lowest BCUT2D eigenvalue weighted by atomic mass is 10.1. The van der Waals surface area contributed by atoms with Gasteiger partial charge in [0.25, 0.3) is 5.91 Å². The highest BCUT2D eigenvalue weighted by atomic mass is 32.1. The smallest absolute Gasteiger partial charge is 0.298 e. The standard InChI is InChI=1S/C36H42N10O2S/c1-8-45-30(21-23(3)39-45)33(48)37-35-42(7)29-18-14-15-26(25(5)47)32(29)44(35)20-13-12-19-43-28-17-11-10-16-27(28)41(6)36(43)38-34(49)31-22-24(4)40-46(31)9-2/h10-18,21-22,25,47H,8-9,19-20H2,1-7H3/b13-12+,37-35?,38-36?. The summed E-state index contributed by atoms with van der Waals surface area (Å²) in [6.45, 7) is 11.7. The number of benzene rings is 2. The molecular formula is C36H42N10O2S. The van der Waals surface area contributed by atoms with Crippen molar-refractivity contribution in [2.24, 2.45) is 24.1 Å². The molecule has 0 bridgehead atoms. The van der Waals surface area contributed by atoms with Crippen LogP contribution in [0, 0.1) is 13.8 Å². The summed E-state index contributed by atoms with van der Waals surface area (Å²) in [6, 6.07) is 17.7. The van der Waals surface area contributed by atoms with Crippen molar-refractivity contribution in [2.75, 3.05) is 0 Å². The summed E-state index contributed by atoms with van der Waals surface area (Å²) in [6.07, 6.45) is 3.41. The molecule has 12 nitrogen and oxygen atoms in total. The van der Waals surface area contributed by atoms with Gasteiger partial charge in [0.1, 0.15) is 5.69 Å². The van der Waals surface area contributed by atoms with Crippen LogP contribution in [0.3, 0.4) is 0 Å². The fourth-order valence-corrected chi connectivity index (χ4v) is 6.66. The normalized spacial score (nSPS) is 13.5. The Balaban J connectivity index is 1.42. The third-order valence-corrected chi connectivity index (χ3v) is 9.03. The molecule has 0 radical (unpaired) electrons. The minimum atomic E-state index is -0.721. The molecule has 0 fully saturated rings. The van der Waals surface area contributed by atoms with Crippen LogP contribution in [-0.4, -0.2) is 53.8 Å². The van der Waals surface area contributed by atoms with Crippen LogP contribution in [0.5, 0.6) is 0 Å². The van der Waals surface area contributed by atoms with Crippen molar-refractivity contribution < 1.29 is 9.90 Å². The van der Waals surface area contributed by atoms with Gasteiger partial charge < -0.3 is 23.4 Å². The zero-order valence-electron chi connectivity index (χ0n) is 29.0. The van der Waals surface area contributed by atoms with E-state index in [1.807, 2.05) is 92.0 Å². The van der Waals surface area contributed by atoms with Crippen LogP contribution in [-0.2, 0) is 40.3 Å². The number of carbonyl (C=O) groups is 1. The van der Waals surface area contributed by atoms with Crippen molar-refractivity contribution in [1.29, 1.82) is 0 Å². The average molecular weight is 679 g/mol. The van der Waals surface area contributed by atoms with E-state index in [2.05, 4.69) is 48.6 Å². The van der Waals surface area contributed by atoms with Crippen molar-refractivity contribution in [2.45, 2.75) is 66.9 Å². The van der Waals surface area contributed by atoms with E-state index in [1.165, 1.54) is 0 Å². The van der Waals surface area contributed by atoms with Crippen LogP contribution in [0.25, 0.3) is 22.1 Å². The van der Waals surface area contributed by atoms with Gasteiger partial charge in [-0.25, -0.2) is 4.99 Å². The molecule has 1 N–H and O–H groups in total. The minimum Gasteiger partial charge on any atom is -0.389 e. The molecule has 4 heterocycles. The minimum absolute atomic E-state index is 0.377. The number of fused-ring (bicyclic) bond motifs is 2. The van der Waals surface area contributed by atoms with Gasteiger partial charge in [0, 0.05) is 45.8 Å². The van der Waals surface area contributed by atoms with Gasteiger partial charge in [0.15, 0.2) is 4.99 Å². The Hall–Kier alpha value is -5.14. The number of rotatable bonds is 9. The number of aliphatic hydroxyl groups excluding tert-OH is 1. The number of allylic oxidation sites excluding steroid dienone is 2. The number of carbonyl (C=O) groups excluding carboxylic acids is 1. The predicted octanol–water partition coefficient (Wildman–Crippen LogP) is 4.65. The lowest BCUT2D eigenvalue weighted by Gasteiger charge is -2.10. The van der Waals surface area contributed by atoms with E-state index in [0.717, 1.165) is 50.3 Å². The number of hydrogen-bond acceptors (Lipinski definition) is 5. The molecule has 0 saturated heterocycles. The third kappa shape index (κ3) is 6.27. The summed E-state index contributed by atoms with van der Waals surface area (Å²) in [5.41, 5.74) is 8.57. The fourth-order valence-electron chi connectivity index (χ4n) is 6.41. The number of aliphatic hydroxyl groups is 1. The van der Waals surface area contributed by atoms with Crippen LogP contribution < -0.4 is 11.2 Å². The van der Waals surface area contributed by atoms with Gasteiger partial charge in [0.05, 0.1) is 45.3 Å². The molecule has 4 aromatic heterocycles. The lowest BCUT2D eigenvalue weighted by molar-refractivity contribution is 0.0985. The molecule has 49 heavy (non-hydrogen) atoms. The number of nitrogens with zero attached hydrogens (tertiary/aromatic N) is 10. The maximum atomic E-state index is 13.6. The summed E-state index contributed by atoms with van der Waals surface area (Å²) >= 11 is 5.83. The molecule has 1 unspecified atom stereocenters. The first-order valence-corrected chi connectivity index (χ1v) is 16.9. The van der Waals surface area contributed by atoms with Crippen molar-refractivity contribution in [1.82, 2.24) is 37.8 Å². The molecule has 0 spiro atoms. The van der Waals surface area contributed by atoms with E-state index in [9.17, 15) is 9.90 Å². The fraction of sp³-hybridized carbons (Fsp3) is 0.333. The summed E-state index contributed by atoms with van der Waals surface area (Å²) in [7, 11) is 3.88. The zero-order chi connectivity index (χ0) is 35.0. The van der Waals surface area contributed by atoms with Crippen LogP contribution >= 0.6 is 12.2 Å². The Morgan fingerprint density at radius 3 is 2.02 bits per heavy atom. The second-order valence-electron chi connectivity index (χ2n) is 12.1. The quantitative estimate of drug-likeness (QED) is 0.177. The van der Waals surface area contributed by atoms with E-state index >= 15 is 0 Å². The van der Waals surface area contributed by atoms with Crippen LogP contribution in [0.1, 0.15) is 60.0 Å². The number of para-hydroxylation sites is 3. The maximum Gasteiger partial charge on any atom is 0.298 e. The second kappa shape index (κ2) is 13.8. The van der Waals surface area contributed by atoms with Crippen LogP contribution in [0.4, 0.5) is 0 Å². The van der Waals surface area contributed by atoms with Crippen LogP contribution in [0.2, 0.25) is 0 Å². The molecule has 6 aromatic rings. The van der Waals surface area contributed by atoms with Gasteiger partial charge in [-0.05, 0) is 65.0 Å². The zero-order valence-corrected chi connectivity index (χ0v) is 29.8. The maximum absolute atomic E-state index is 13.6. The van der Waals surface area contributed by atoms with Gasteiger partial charge in [-0.3, -0.25) is 14.2 Å². The highest BCUT2D eigenvalue weighted by Gasteiger charge is 2.19. The third-order valence-electron chi connectivity index (χ3n) is 8.73. The molecule has 13 heteroatoms. The molecule has 6 rings (SSSR count). The molecule has 2 aromatic carbocycles. The van der Waals surface area contributed by atoms with Gasteiger partial charge >= 0.3 is 0 Å². The van der Waals surface area contributed by atoms with Crippen molar-refractivity contribution in [3.05, 3.63) is 106 Å². The van der Waals surface area contributed by atoms with Crippen molar-refractivity contribution >= 4 is 45.2 Å². The Morgan fingerprint density at radius 1 is 0.816 bits per heavy atom. The number of imidazole rings is 2. The summed E-state index contributed by atoms with van der Waals surface area (Å²) in [5.74, 6) is -0.377. The monoisotopic (exact) mass is 678 g/mol.